The quantitative estimate of drug-likeness (QED) is 0.914. The summed E-state index contributed by atoms with van der Waals surface area (Å²) < 4.78 is 35.0. The lowest BCUT2D eigenvalue weighted by Crippen LogP contribution is -2.51. The monoisotopic (exact) mass is 340 g/mol. The van der Waals surface area contributed by atoms with Gasteiger partial charge in [-0.05, 0) is 37.0 Å². The molecule has 24 heavy (non-hydrogen) atoms. The number of morpholine rings is 1. The normalized spacial score (nSPS) is 26.0. The molecule has 3 rings (SSSR count). The van der Waals surface area contributed by atoms with Crippen LogP contribution in [0, 0.1) is 0 Å². The number of alkyl halides is 2. The summed E-state index contributed by atoms with van der Waals surface area (Å²) >= 11 is 0. The summed E-state index contributed by atoms with van der Waals surface area (Å²) in [6.45, 7) is -0.346. The van der Waals surface area contributed by atoms with Crippen LogP contribution in [0.4, 0.5) is 8.78 Å². The van der Waals surface area contributed by atoms with E-state index in [1.54, 1.807) is 12.1 Å². The van der Waals surface area contributed by atoms with E-state index in [4.69, 9.17) is 4.74 Å². The van der Waals surface area contributed by atoms with E-state index in [9.17, 15) is 13.6 Å². The zero-order valence-corrected chi connectivity index (χ0v) is 13.4. The SMILES string of the molecule is O=C1NCCCC[C@H]1N1CCO[C@@H](c2cccc(OC(F)F)c2)C1. The fourth-order valence-electron chi connectivity index (χ4n) is 3.32. The summed E-state index contributed by atoms with van der Waals surface area (Å²) in [5.41, 5.74) is 0.784. The maximum absolute atomic E-state index is 12.4. The summed E-state index contributed by atoms with van der Waals surface area (Å²) in [4.78, 5) is 14.4. The third kappa shape index (κ3) is 4.21. The van der Waals surface area contributed by atoms with Crippen molar-refractivity contribution >= 4 is 5.91 Å². The molecule has 1 amide bonds. The van der Waals surface area contributed by atoms with Crippen LogP contribution in [0.5, 0.6) is 5.75 Å². The molecule has 0 saturated carbocycles. The summed E-state index contributed by atoms with van der Waals surface area (Å²) in [6.07, 6.45) is 2.61. The maximum Gasteiger partial charge on any atom is 0.387 e. The molecule has 132 valence electrons. The smallest absolute Gasteiger partial charge is 0.387 e. The Morgan fingerprint density at radius 1 is 1.33 bits per heavy atom. The molecule has 2 aliphatic heterocycles. The lowest BCUT2D eigenvalue weighted by molar-refractivity contribution is -0.129. The van der Waals surface area contributed by atoms with Gasteiger partial charge in [-0.25, -0.2) is 0 Å². The standard InChI is InChI=1S/C17H22F2N2O3/c18-17(19)24-13-5-3-4-12(10-13)15-11-21(8-9-23-15)14-6-1-2-7-20-16(14)22/h3-5,10,14-15,17H,1-2,6-9,11H2,(H,20,22)/t14-,15-/m1/s1. The molecule has 0 radical (unpaired) electrons. The van der Waals surface area contributed by atoms with E-state index in [1.807, 2.05) is 6.07 Å². The topological polar surface area (TPSA) is 50.8 Å². The van der Waals surface area contributed by atoms with Gasteiger partial charge in [0.25, 0.3) is 0 Å². The minimum atomic E-state index is -2.85. The van der Waals surface area contributed by atoms with Crippen molar-refractivity contribution in [3.05, 3.63) is 29.8 Å². The number of halogens is 2. The first-order valence-corrected chi connectivity index (χ1v) is 8.31. The zero-order valence-electron chi connectivity index (χ0n) is 13.4. The first-order valence-electron chi connectivity index (χ1n) is 8.31. The fourth-order valence-corrected chi connectivity index (χ4v) is 3.32. The summed E-state index contributed by atoms with van der Waals surface area (Å²) in [6, 6.07) is 6.44. The van der Waals surface area contributed by atoms with Crippen LogP contribution in [0.2, 0.25) is 0 Å². The molecule has 2 heterocycles. The van der Waals surface area contributed by atoms with Crippen LogP contribution in [-0.4, -0.2) is 49.7 Å². The average Bonchev–Trinajstić information content (AvgIpc) is 2.79. The Kier molecular flexibility index (Phi) is 5.63. The molecule has 1 N–H and O–H groups in total. The minimum absolute atomic E-state index is 0.0722. The van der Waals surface area contributed by atoms with Crippen molar-refractivity contribution in [1.29, 1.82) is 0 Å². The van der Waals surface area contributed by atoms with Crippen molar-refractivity contribution in [2.24, 2.45) is 0 Å². The van der Waals surface area contributed by atoms with Gasteiger partial charge in [0.05, 0.1) is 18.8 Å². The lowest BCUT2D eigenvalue weighted by atomic mass is 10.0. The van der Waals surface area contributed by atoms with Crippen molar-refractivity contribution in [2.75, 3.05) is 26.2 Å². The number of ether oxygens (including phenoxy) is 2. The highest BCUT2D eigenvalue weighted by atomic mass is 19.3. The van der Waals surface area contributed by atoms with Gasteiger partial charge >= 0.3 is 6.61 Å². The molecule has 0 aliphatic carbocycles. The van der Waals surface area contributed by atoms with E-state index in [0.29, 0.717) is 19.7 Å². The molecule has 7 heteroatoms. The fraction of sp³-hybridized carbons (Fsp3) is 0.588. The summed E-state index contributed by atoms with van der Waals surface area (Å²) in [5, 5.41) is 2.95. The molecular formula is C17H22F2N2O3. The Balaban J connectivity index is 1.70. The number of hydrogen-bond acceptors (Lipinski definition) is 4. The molecule has 0 spiro atoms. The minimum Gasteiger partial charge on any atom is -0.435 e. The third-order valence-corrected chi connectivity index (χ3v) is 4.50. The van der Waals surface area contributed by atoms with Gasteiger partial charge in [-0.15, -0.1) is 0 Å². The van der Waals surface area contributed by atoms with E-state index >= 15 is 0 Å². The Bertz CT molecular complexity index is 571. The first kappa shape index (κ1) is 17.1. The van der Waals surface area contributed by atoms with Gasteiger partial charge < -0.3 is 14.8 Å². The Morgan fingerprint density at radius 2 is 2.21 bits per heavy atom. The van der Waals surface area contributed by atoms with Gasteiger partial charge in [0, 0.05) is 19.6 Å². The van der Waals surface area contributed by atoms with Crippen molar-refractivity contribution in [1.82, 2.24) is 10.2 Å². The van der Waals surface area contributed by atoms with Crippen LogP contribution >= 0.6 is 0 Å². The van der Waals surface area contributed by atoms with E-state index in [0.717, 1.165) is 31.4 Å². The number of rotatable bonds is 4. The number of carbonyl (C=O) groups is 1. The van der Waals surface area contributed by atoms with Gasteiger partial charge in [0.2, 0.25) is 5.91 Å². The predicted octanol–water partition coefficient (Wildman–Crippen LogP) is 2.33. The number of carbonyl (C=O) groups excluding carboxylic acids is 1. The molecule has 0 aromatic heterocycles. The van der Waals surface area contributed by atoms with Crippen LogP contribution in [0.25, 0.3) is 0 Å². The number of hydrogen-bond donors (Lipinski definition) is 1. The van der Waals surface area contributed by atoms with E-state index in [2.05, 4.69) is 15.0 Å². The number of nitrogens with zero attached hydrogens (tertiary/aromatic N) is 1. The van der Waals surface area contributed by atoms with Crippen molar-refractivity contribution in [2.45, 2.75) is 38.0 Å². The van der Waals surface area contributed by atoms with Crippen LogP contribution in [-0.2, 0) is 9.53 Å². The number of benzene rings is 1. The van der Waals surface area contributed by atoms with Gasteiger partial charge in [0.15, 0.2) is 0 Å². The van der Waals surface area contributed by atoms with Gasteiger partial charge in [-0.2, -0.15) is 8.78 Å². The van der Waals surface area contributed by atoms with E-state index < -0.39 is 6.61 Å². The third-order valence-electron chi connectivity index (χ3n) is 4.50. The Labute approximate surface area is 139 Å². The summed E-state index contributed by atoms with van der Waals surface area (Å²) in [5.74, 6) is 0.193. The largest absolute Gasteiger partial charge is 0.435 e. The Morgan fingerprint density at radius 3 is 3.04 bits per heavy atom. The van der Waals surface area contributed by atoms with Gasteiger partial charge in [-0.3, -0.25) is 9.69 Å². The Hall–Kier alpha value is -1.73. The van der Waals surface area contributed by atoms with E-state index in [1.165, 1.54) is 6.07 Å². The number of nitrogens with one attached hydrogen (secondary N) is 1. The second-order valence-electron chi connectivity index (χ2n) is 6.11. The molecule has 2 atom stereocenters. The van der Waals surface area contributed by atoms with Crippen LogP contribution < -0.4 is 10.1 Å². The highest BCUT2D eigenvalue weighted by molar-refractivity contribution is 5.81. The molecule has 1 aromatic carbocycles. The van der Waals surface area contributed by atoms with Gasteiger partial charge in [0.1, 0.15) is 5.75 Å². The summed E-state index contributed by atoms with van der Waals surface area (Å²) in [7, 11) is 0. The van der Waals surface area contributed by atoms with Crippen molar-refractivity contribution < 1.29 is 23.0 Å². The molecule has 5 nitrogen and oxygen atoms in total. The second-order valence-corrected chi connectivity index (χ2v) is 6.11. The molecule has 0 bridgehead atoms. The van der Waals surface area contributed by atoms with Crippen LogP contribution in [0.3, 0.4) is 0 Å². The van der Waals surface area contributed by atoms with Crippen LogP contribution in [0.1, 0.15) is 30.9 Å². The van der Waals surface area contributed by atoms with Crippen LogP contribution in [0.15, 0.2) is 24.3 Å². The molecule has 2 aliphatic rings. The lowest BCUT2D eigenvalue weighted by Gasteiger charge is -2.37. The average molecular weight is 340 g/mol. The number of amides is 1. The molecule has 2 saturated heterocycles. The highest BCUT2D eigenvalue weighted by Crippen LogP contribution is 2.28. The predicted molar refractivity (Wildman–Crippen MR) is 84.0 cm³/mol. The molecular weight excluding hydrogens is 318 g/mol. The zero-order chi connectivity index (χ0) is 16.9. The molecule has 2 fully saturated rings. The molecule has 1 aromatic rings. The molecule has 0 unspecified atom stereocenters. The second kappa shape index (κ2) is 7.90. The maximum atomic E-state index is 12.4. The highest BCUT2D eigenvalue weighted by Gasteiger charge is 2.32. The van der Waals surface area contributed by atoms with Crippen molar-refractivity contribution in [3.63, 3.8) is 0 Å². The first-order chi connectivity index (χ1) is 11.6. The van der Waals surface area contributed by atoms with Crippen molar-refractivity contribution in [3.8, 4) is 5.75 Å². The van der Waals surface area contributed by atoms with Gasteiger partial charge in [-0.1, -0.05) is 12.1 Å². The van der Waals surface area contributed by atoms with E-state index in [-0.39, 0.29) is 23.8 Å².